The molecule has 4 nitrogen and oxygen atoms in total. The second kappa shape index (κ2) is 7.07. The molecule has 0 bridgehead atoms. The molecule has 0 amide bonds. The first-order chi connectivity index (χ1) is 12.8. The lowest BCUT2D eigenvalue weighted by Crippen LogP contribution is -1.94. The number of carbonyl (C=O) groups is 1. The minimum Gasteiger partial charge on any atom is -0.289 e. The summed E-state index contributed by atoms with van der Waals surface area (Å²) in [5.41, 5.74) is 5.27. The first-order valence-electron chi connectivity index (χ1n) is 8.23. The molecule has 0 saturated heterocycles. The van der Waals surface area contributed by atoms with Gasteiger partial charge in [0.2, 0.25) is 0 Å². The van der Waals surface area contributed by atoms with Crippen molar-refractivity contribution in [3.63, 3.8) is 0 Å². The van der Waals surface area contributed by atoms with Gasteiger partial charge in [-0.2, -0.15) is 0 Å². The number of ketones is 1. The van der Waals surface area contributed by atoms with E-state index in [1.165, 1.54) is 0 Å². The molecule has 124 valence electrons. The highest BCUT2D eigenvalue weighted by Gasteiger charge is 2.03. The van der Waals surface area contributed by atoms with Gasteiger partial charge in [-0.3, -0.25) is 19.7 Å². The molecular formula is C22H15N3O. The van der Waals surface area contributed by atoms with Crippen LogP contribution in [0.4, 0.5) is 0 Å². The third-order valence-corrected chi connectivity index (χ3v) is 4.08. The highest BCUT2D eigenvalue weighted by Crippen LogP contribution is 2.19. The van der Waals surface area contributed by atoms with E-state index in [9.17, 15) is 4.79 Å². The molecule has 0 radical (unpaired) electrons. The van der Waals surface area contributed by atoms with Gasteiger partial charge in [0.15, 0.2) is 5.78 Å². The molecule has 2 aromatic carbocycles. The molecule has 2 heterocycles. The Kier molecular flexibility index (Phi) is 4.31. The van der Waals surface area contributed by atoms with Crippen LogP contribution in [-0.2, 0) is 0 Å². The third kappa shape index (κ3) is 3.39. The van der Waals surface area contributed by atoms with Crippen LogP contribution in [0.1, 0.15) is 15.9 Å². The van der Waals surface area contributed by atoms with E-state index in [-0.39, 0.29) is 5.78 Å². The highest BCUT2D eigenvalue weighted by atomic mass is 16.1. The number of benzene rings is 2. The Morgan fingerprint density at radius 3 is 2.38 bits per heavy atom. The lowest BCUT2D eigenvalue weighted by atomic mass is 10.0. The predicted octanol–water partition coefficient (Wildman–Crippen LogP) is 4.59. The third-order valence-electron chi connectivity index (χ3n) is 4.08. The van der Waals surface area contributed by atoms with E-state index in [4.69, 9.17) is 0 Å². The summed E-state index contributed by atoms with van der Waals surface area (Å²) >= 11 is 0. The zero-order valence-corrected chi connectivity index (χ0v) is 13.9. The van der Waals surface area contributed by atoms with Crippen LogP contribution in [0.2, 0.25) is 0 Å². The Balaban J connectivity index is 1.52. The smallest absolute Gasteiger partial charge is 0.185 e. The van der Waals surface area contributed by atoms with E-state index < -0.39 is 0 Å². The Hall–Kier alpha value is -3.66. The second-order valence-corrected chi connectivity index (χ2v) is 5.82. The van der Waals surface area contributed by atoms with Crippen LogP contribution in [-0.4, -0.2) is 20.7 Å². The molecule has 4 rings (SSSR count). The molecule has 0 fully saturated rings. The van der Waals surface area contributed by atoms with Crippen molar-refractivity contribution in [3.05, 3.63) is 96.6 Å². The van der Waals surface area contributed by atoms with E-state index in [0.717, 1.165) is 27.7 Å². The van der Waals surface area contributed by atoms with Gasteiger partial charge in [0.25, 0.3) is 0 Å². The van der Waals surface area contributed by atoms with E-state index in [1.54, 1.807) is 36.9 Å². The second-order valence-electron chi connectivity index (χ2n) is 5.82. The Bertz CT molecular complexity index is 1090. The van der Waals surface area contributed by atoms with Gasteiger partial charge in [0.1, 0.15) is 0 Å². The van der Waals surface area contributed by atoms with Crippen LogP contribution in [0.15, 0.2) is 85.5 Å². The average molecular weight is 337 g/mol. The summed E-state index contributed by atoms with van der Waals surface area (Å²) in [6, 6.07) is 17.2. The predicted molar refractivity (Wildman–Crippen MR) is 103 cm³/mol. The summed E-state index contributed by atoms with van der Waals surface area (Å²) in [4.78, 5) is 25.0. The molecule has 0 saturated carbocycles. The Morgan fingerprint density at radius 2 is 1.62 bits per heavy atom. The molecular weight excluding hydrogens is 322 g/mol. The maximum Gasteiger partial charge on any atom is 0.185 e. The molecule has 0 aliphatic heterocycles. The van der Waals surface area contributed by atoms with Gasteiger partial charge >= 0.3 is 0 Å². The molecule has 0 aliphatic carbocycles. The molecule has 4 aromatic rings. The summed E-state index contributed by atoms with van der Waals surface area (Å²) in [7, 11) is 0. The first kappa shape index (κ1) is 15.8. The minimum atomic E-state index is -0.0398. The van der Waals surface area contributed by atoms with E-state index in [0.29, 0.717) is 5.56 Å². The fourth-order valence-electron chi connectivity index (χ4n) is 2.71. The number of hydrogen-bond acceptors (Lipinski definition) is 4. The summed E-state index contributed by atoms with van der Waals surface area (Å²) in [6.45, 7) is 0. The van der Waals surface area contributed by atoms with Gasteiger partial charge in [-0.1, -0.05) is 42.5 Å². The molecule has 0 atom stereocenters. The summed E-state index contributed by atoms with van der Waals surface area (Å²) in [5, 5.41) is 0. The molecule has 4 heteroatoms. The number of aromatic nitrogens is 3. The summed E-state index contributed by atoms with van der Waals surface area (Å²) < 4.78 is 0. The van der Waals surface area contributed by atoms with Crippen LogP contribution in [0, 0.1) is 0 Å². The summed E-state index contributed by atoms with van der Waals surface area (Å²) in [5.74, 6) is -0.0398. The number of allylic oxidation sites excluding steroid dienone is 1. The normalized spacial score (nSPS) is 11.1. The maximum atomic E-state index is 12.4. The monoisotopic (exact) mass is 337 g/mol. The number of pyridine rings is 1. The largest absolute Gasteiger partial charge is 0.289 e. The fourth-order valence-corrected chi connectivity index (χ4v) is 2.71. The minimum absolute atomic E-state index is 0.0398. The molecule has 0 spiro atoms. The van der Waals surface area contributed by atoms with Crippen LogP contribution < -0.4 is 0 Å². The zero-order chi connectivity index (χ0) is 17.8. The number of carbonyl (C=O) groups excluding carboxylic acids is 1. The fraction of sp³-hybridized carbons (Fsp3) is 0. The van der Waals surface area contributed by atoms with E-state index in [2.05, 4.69) is 15.0 Å². The zero-order valence-electron chi connectivity index (χ0n) is 13.9. The van der Waals surface area contributed by atoms with Gasteiger partial charge in [0.05, 0.1) is 11.0 Å². The van der Waals surface area contributed by atoms with Crippen LogP contribution in [0.5, 0.6) is 0 Å². The molecule has 0 aliphatic rings. The van der Waals surface area contributed by atoms with Crippen LogP contribution >= 0.6 is 0 Å². The molecule has 0 N–H and O–H groups in total. The number of fused-ring (bicyclic) bond motifs is 1. The van der Waals surface area contributed by atoms with Crippen molar-refractivity contribution in [2.45, 2.75) is 0 Å². The van der Waals surface area contributed by atoms with Gasteiger partial charge < -0.3 is 0 Å². The molecule has 0 unspecified atom stereocenters. The van der Waals surface area contributed by atoms with Gasteiger partial charge in [-0.05, 0) is 41.0 Å². The Labute approximate surface area is 150 Å². The standard InChI is InChI=1S/C22H15N3O/c26-22(10-4-16-3-9-20-21(14-16)25-13-12-24-20)18-7-5-17(6-8-18)19-2-1-11-23-15-19/h1-15H. The lowest BCUT2D eigenvalue weighted by molar-refractivity contribution is 0.104. The summed E-state index contributed by atoms with van der Waals surface area (Å²) in [6.07, 6.45) is 10.2. The van der Waals surface area contributed by atoms with Gasteiger partial charge in [-0.25, -0.2) is 0 Å². The number of nitrogens with zero attached hydrogens (tertiary/aromatic N) is 3. The van der Waals surface area contributed by atoms with Crippen molar-refractivity contribution < 1.29 is 4.79 Å². The van der Waals surface area contributed by atoms with Crippen molar-refractivity contribution in [3.8, 4) is 11.1 Å². The van der Waals surface area contributed by atoms with Crippen molar-refractivity contribution in [1.29, 1.82) is 0 Å². The van der Waals surface area contributed by atoms with E-state index >= 15 is 0 Å². The SMILES string of the molecule is O=C(C=Cc1ccc2nccnc2c1)c1ccc(-c2cccnc2)cc1. The van der Waals surface area contributed by atoms with Gasteiger partial charge in [0, 0.05) is 30.4 Å². The lowest BCUT2D eigenvalue weighted by Gasteiger charge is -2.02. The van der Waals surface area contributed by atoms with Crippen LogP contribution in [0.3, 0.4) is 0 Å². The van der Waals surface area contributed by atoms with E-state index in [1.807, 2.05) is 54.6 Å². The number of rotatable bonds is 4. The van der Waals surface area contributed by atoms with Crippen molar-refractivity contribution in [1.82, 2.24) is 15.0 Å². The topological polar surface area (TPSA) is 55.7 Å². The van der Waals surface area contributed by atoms with Crippen molar-refractivity contribution in [2.75, 3.05) is 0 Å². The van der Waals surface area contributed by atoms with Crippen LogP contribution in [0.25, 0.3) is 28.2 Å². The quantitative estimate of drug-likeness (QED) is 0.404. The molecule has 2 aromatic heterocycles. The highest BCUT2D eigenvalue weighted by molar-refractivity contribution is 6.07. The maximum absolute atomic E-state index is 12.4. The number of hydrogen-bond donors (Lipinski definition) is 0. The van der Waals surface area contributed by atoms with Crippen molar-refractivity contribution >= 4 is 22.9 Å². The average Bonchev–Trinajstić information content (AvgIpc) is 2.72. The molecule has 26 heavy (non-hydrogen) atoms. The first-order valence-corrected chi connectivity index (χ1v) is 8.23. The van der Waals surface area contributed by atoms with Crippen molar-refractivity contribution in [2.24, 2.45) is 0 Å². The van der Waals surface area contributed by atoms with Gasteiger partial charge in [-0.15, -0.1) is 0 Å². The Morgan fingerprint density at radius 1 is 0.808 bits per heavy atom.